The van der Waals surface area contributed by atoms with E-state index in [1.54, 1.807) is 6.92 Å². The van der Waals surface area contributed by atoms with E-state index in [9.17, 15) is 15.2 Å². The van der Waals surface area contributed by atoms with Gasteiger partial charge in [-0.25, -0.2) is 0 Å². The molecule has 0 amide bonds. The third-order valence-corrected chi connectivity index (χ3v) is 6.14. The number of ketones is 1. The van der Waals surface area contributed by atoms with E-state index < -0.39 is 11.8 Å². The number of hydrogen-bond acceptors (Lipinski definition) is 6. The summed E-state index contributed by atoms with van der Waals surface area (Å²) in [6, 6.07) is 2.24. The number of carbonyl (C=O) groups excluding carboxylic acids is 1. The standard InChI is InChI=1S/C23H28N2O4/c1-6-18(25-29-7-2)21-19(26)10-16(17(11-24)22(21)27)20-13(4)12(3)14(5)23-15(20)8-9-28-23/h16-17,27H,6-10H2,1-5H3/b25-18-. The number of hydrogen-bond donors (Lipinski definition) is 1. The summed E-state index contributed by atoms with van der Waals surface area (Å²) in [4.78, 5) is 18.2. The minimum atomic E-state index is -0.813. The Morgan fingerprint density at radius 3 is 2.62 bits per heavy atom. The van der Waals surface area contributed by atoms with Crippen LogP contribution in [-0.2, 0) is 16.1 Å². The molecule has 0 bridgehead atoms. The van der Waals surface area contributed by atoms with Gasteiger partial charge in [-0.05, 0) is 56.4 Å². The molecular formula is C23H28N2O4. The van der Waals surface area contributed by atoms with Crippen LogP contribution in [-0.4, -0.2) is 29.8 Å². The molecule has 2 atom stereocenters. The monoisotopic (exact) mass is 396 g/mol. The van der Waals surface area contributed by atoms with E-state index in [0.29, 0.717) is 25.3 Å². The number of nitriles is 1. The van der Waals surface area contributed by atoms with E-state index >= 15 is 0 Å². The lowest BCUT2D eigenvalue weighted by molar-refractivity contribution is -0.116. The van der Waals surface area contributed by atoms with Crippen LogP contribution in [0.2, 0.25) is 0 Å². The third-order valence-electron chi connectivity index (χ3n) is 6.14. The zero-order valence-electron chi connectivity index (χ0n) is 17.8. The van der Waals surface area contributed by atoms with E-state index in [1.807, 2.05) is 27.7 Å². The molecule has 1 aromatic carbocycles. The number of oxime groups is 1. The Balaban J connectivity index is 2.16. The zero-order chi connectivity index (χ0) is 21.3. The molecular weight excluding hydrogens is 368 g/mol. The first-order chi connectivity index (χ1) is 13.9. The molecule has 1 heterocycles. The lowest BCUT2D eigenvalue weighted by Crippen LogP contribution is -2.31. The topological polar surface area (TPSA) is 91.9 Å². The van der Waals surface area contributed by atoms with Gasteiger partial charge in [0, 0.05) is 24.3 Å². The Morgan fingerprint density at radius 1 is 1.28 bits per heavy atom. The van der Waals surface area contributed by atoms with Crippen LogP contribution in [0.4, 0.5) is 0 Å². The second kappa shape index (κ2) is 8.28. The predicted octanol–water partition coefficient (Wildman–Crippen LogP) is 4.36. The quantitative estimate of drug-likeness (QED) is 0.590. The second-order valence-electron chi connectivity index (χ2n) is 7.60. The highest BCUT2D eigenvalue weighted by molar-refractivity contribution is 6.23. The minimum Gasteiger partial charge on any atom is -0.510 e. The Labute approximate surface area is 171 Å². The van der Waals surface area contributed by atoms with E-state index in [2.05, 4.69) is 11.2 Å². The smallest absolute Gasteiger partial charge is 0.168 e. The van der Waals surface area contributed by atoms with Crippen molar-refractivity contribution in [2.75, 3.05) is 13.2 Å². The van der Waals surface area contributed by atoms with Gasteiger partial charge in [0.05, 0.1) is 24.0 Å². The molecule has 0 saturated heterocycles. The van der Waals surface area contributed by atoms with Crippen molar-refractivity contribution in [1.82, 2.24) is 0 Å². The average molecular weight is 396 g/mol. The van der Waals surface area contributed by atoms with Gasteiger partial charge in [0.2, 0.25) is 0 Å². The molecule has 1 aliphatic heterocycles. The maximum absolute atomic E-state index is 13.1. The highest BCUT2D eigenvalue weighted by Gasteiger charge is 2.42. The van der Waals surface area contributed by atoms with E-state index in [4.69, 9.17) is 9.57 Å². The lowest BCUT2D eigenvalue weighted by atomic mass is 9.71. The summed E-state index contributed by atoms with van der Waals surface area (Å²) in [7, 11) is 0. The minimum absolute atomic E-state index is 0.137. The zero-order valence-corrected chi connectivity index (χ0v) is 17.8. The van der Waals surface area contributed by atoms with Crippen LogP contribution in [0.3, 0.4) is 0 Å². The van der Waals surface area contributed by atoms with Gasteiger partial charge >= 0.3 is 0 Å². The number of Topliss-reactive ketones (excluding diaryl/α,β-unsaturated/α-hetero) is 1. The molecule has 0 fully saturated rings. The summed E-state index contributed by atoms with van der Waals surface area (Å²) in [5, 5.41) is 24.9. The Morgan fingerprint density at radius 2 is 2.00 bits per heavy atom. The molecule has 0 radical (unpaired) electrons. The van der Waals surface area contributed by atoms with Crippen molar-refractivity contribution >= 4 is 11.5 Å². The van der Waals surface area contributed by atoms with Gasteiger partial charge in [-0.2, -0.15) is 5.26 Å². The fraction of sp³-hybridized carbons (Fsp3) is 0.522. The molecule has 0 saturated carbocycles. The molecule has 0 aromatic heterocycles. The number of ether oxygens (including phenoxy) is 1. The fourth-order valence-corrected chi connectivity index (χ4v) is 4.50. The van der Waals surface area contributed by atoms with Gasteiger partial charge in [-0.15, -0.1) is 0 Å². The summed E-state index contributed by atoms with van der Waals surface area (Å²) in [5.41, 5.74) is 5.85. The van der Waals surface area contributed by atoms with Crippen LogP contribution in [0.1, 0.15) is 60.4 Å². The number of allylic oxidation sites excluding steroid dienone is 2. The Bertz CT molecular complexity index is 953. The van der Waals surface area contributed by atoms with Crippen molar-refractivity contribution in [2.24, 2.45) is 11.1 Å². The molecule has 6 nitrogen and oxygen atoms in total. The van der Waals surface area contributed by atoms with Crippen molar-refractivity contribution in [1.29, 1.82) is 5.26 Å². The number of aliphatic hydroxyl groups excluding tert-OH is 1. The fourth-order valence-electron chi connectivity index (χ4n) is 4.50. The van der Waals surface area contributed by atoms with Crippen molar-refractivity contribution in [2.45, 2.75) is 59.8 Å². The van der Waals surface area contributed by atoms with Gasteiger partial charge in [-0.3, -0.25) is 4.79 Å². The van der Waals surface area contributed by atoms with Gasteiger partial charge < -0.3 is 14.7 Å². The van der Waals surface area contributed by atoms with Crippen LogP contribution < -0.4 is 4.74 Å². The largest absolute Gasteiger partial charge is 0.510 e. The molecule has 1 aromatic rings. The third kappa shape index (κ3) is 3.39. The Kier molecular flexibility index (Phi) is 5.97. The molecule has 154 valence electrons. The van der Waals surface area contributed by atoms with Gasteiger partial charge in [0.25, 0.3) is 0 Å². The number of benzene rings is 1. The summed E-state index contributed by atoms with van der Waals surface area (Å²) in [6.45, 7) is 10.7. The maximum Gasteiger partial charge on any atom is 0.168 e. The van der Waals surface area contributed by atoms with Crippen molar-refractivity contribution < 1.29 is 19.5 Å². The Hall–Kier alpha value is -2.81. The van der Waals surface area contributed by atoms with Crippen molar-refractivity contribution in [3.63, 3.8) is 0 Å². The number of rotatable bonds is 5. The van der Waals surface area contributed by atoms with Crippen molar-refractivity contribution in [3.05, 3.63) is 39.1 Å². The molecule has 0 spiro atoms. The first-order valence-corrected chi connectivity index (χ1v) is 10.2. The van der Waals surface area contributed by atoms with Crippen molar-refractivity contribution in [3.8, 4) is 11.8 Å². The second-order valence-corrected chi connectivity index (χ2v) is 7.60. The number of fused-ring (bicyclic) bond motifs is 1. The van der Waals surface area contributed by atoms with E-state index in [0.717, 1.165) is 40.0 Å². The van der Waals surface area contributed by atoms with Crippen LogP contribution in [0.25, 0.3) is 0 Å². The van der Waals surface area contributed by atoms with Crippen LogP contribution in [0.15, 0.2) is 16.5 Å². The molecule has 2 aliphatic rings. The summed E-state index contributed by atoms with van der Waals surface area (Å²) >= 11 is 0. The average Bonchev–Trinajstić information content (AvgIpc) is 3.18. The highest BCUT2D eigenvalue weighted by Crippen LogP contribution is 2.47. The van der Waals surface area contributed by atoms with E-state index in [1.165, 1.54) is 0 Å². The van der Waals surface area contributed by atoms with Gasteiger partial charge in [0.1, 0.15) is 24.0 Å². The molecule has 2 unspecified atom stereocenters. The first-order valence-electron chi connectivity index (χ1n) is 10.2. The molecule has 29 heavy (non-hydrogen) atoms. The van der Waals surface area contributed by atoms with Crippen LogP contribution >= 0.6 is 0 Å². The SMILES string of the molecule is CCO/N=C(/CC)C1=C(O)C(C#N)C(c2c(C)c(C)c(C)c3c2CCO3)CC1=O. The molecule has 1 aliphatic carbocycles. The molecule has 1 N–H and O–H groups in total. The number of carbonyl (C=O) groups is 1. The summed E-state index contributed by atoms with van der Waals surface area (Å²) in [5.74, 6) is -0.750. The maximum atomic E-state index is 13.1. The van der Waals surface area contributed by atoms with Gasteiger partial charge in [0.15, 0.2) is 5.78 Å². The van der Waals surface area contributed by atoms with Gasteiger partial charge in [-0.1, -0.05) is 12.1 Å². The lowest BCUT2D eigenvalue weighted by Gasteiger charge is -2.31. The molecule has 3 rings (SSSR count). The van der Waals surface area contributed by atoms with Crippen LogP contribution in [0, 0.1) is 38.0 Å². The van der Waals surface area contributed by atoms with E-state index in [-0.39, 0.29) is 23.5 Å². The number of nitrogens with zero attached hydrogens (tertiary/aromatic N) is 2. The number of aliphatic hydroxyl groups is 1. The molecule has 6 heteroatoms. The highest BCUT2D eigenvalue weighted by atomic mass is 16.6. The summed E-state index contributed by atoms with van der Waals surface area (Å²) < 4.78 is 5.86. The predicted molar refractivity (Wildman–Crippen MR) is 110 cm³/mol. The first kappa shape index (κ1) is 20.9. The van der Waals surface area contributed by atoms with Crippen LogP contribution in [0.5, 0.6) is 5.75 Å². The summed E-state index contributed by atoms with van der Waals surface area (Å²) in [6.07, 6.45) is 1.33. The normalized spacial score (nSPS) is 21.7.